The summed E-state index contributed by atoms with van der Waals surface area (Å²) in [7, 11) is 0. The third-order valence-electron chi connectivity index (χ3n) is 4.51. The van der Waals surface area contributed by atoms with Gasteiger partial charge in [0.15, 0.2) is 0 Å². The minimum Gasteiger partial charge on any atom is -0.488 e. The summed E-state index contributed by atoms with van der Waals surface area (Å²) in [5.74, 6) is 1.62. The second-order valence-corrected chi connectivity index (χ2v) is 6.10. The standard InChI is InChI=1S/C15H19NO2/c17-15(12-5-6-12)9-16(10-15)8-13-7-11-3-1-2-4-14(11)18-13/h1-4,12-13,17H,5-10H2. The molecule has 3 nitrogen and oxygen atoms in total. The Morgan fingerprint density at radius 3 is 2.78 bits per heavy atom. The summed E-state index contributed by atoms with van der Waals surface area (Å²) in [5.41, 5.74) is 0.950. The van der Waals surface area contributed by atoms with Crippen molar-refractivity contribution in [3.63, 3.8) is 0 Å². The summed E-state index contributed by atoms with van der Waals surface area (Å²) in [6.45, 7) is 2.63. The highest BCUT2D eigenvalue weighted by Gasteiger charge is 2.52. The number of hydrogen-bond donors (Lipinski definition) is 1. The average Bonchev–Trinajstić information content (AvgIpc) is 3.08. The second-order valence-electron chi connectivity index (χ2n) is 6.10. The van der Waals surface area contributed by atoms with E-state index in [2.05, 4.69) is 17.0 Å². The van der Waals surface area contributed by atoms with Crippen molar-refractivity contribution in [2.45, 2.75) is 31.0 Å². The molecular weight excluding hydrogens is 226 g/mol. The molecule has 0 radical (unpaired) electrons. The van der Waals surface area contributed by atoms with Gasteiger partial charge in [0.2, 0.25) is 0 Å². The van der Waals surface area contributed by atoms with Gasteiger partial charge in [-0.3, -0.25) is 4.90 Å². The zero-order valence-electron chi connectivity index (χ0n) is 10.5. The fraction of sp³-hybridized carbons (Fsp3) is 0.600. The van der Waals surface area contributed by atoms with E-state index in [0.717, 1.165) is 31.8 Å². The van der Waals surface area contributed by atoms with E-state index >= 15 is 0 Å². The molecule has 1 unspecified atom stereocenters. The van der Waals surface area contributed by atoms with Crippen LogP contribution in [0.3, 0.4) is 0 Å². The molecule has 1 atom stereocenters. The smallest absolute Gasteiger partial charge is 0.123 e. The molecule has 1 aliphatic carbocycles. The van der Waals surface area contributed by atoms with E-state index in [1.165, 1.54) is 18.4 Å². The van der Waals surface area contributed by atoms with E-state index in [1.807, 2.05) is 12.1 Å². The molecule has 3 heteroatoms. The van der Waals surface area contributed by atoms with Gasteiger partial charge in [0.05, 0.1) is 5.60 Å². The summed E-state index contributed by atoms with van der Waals surface area (Å²) in [5, 5.41) is 10.3. The zero-order chi connectivity index (χ0) is 12.2. The van der Waals surface area contributed by atoms with Crippen molar-refractivity contribution >= 4 is 0 Å². The van der Waals surface area contributed by atoms with Crippen LogP contribution in [0.15, 0.2) is 24.3 Å². The lowest BCUT2D eigenvalue weighted by molar-refractivity contribution is -0.119. The van der Waals surface area contributed by atoms with Crippen LogP contribution in [0.2, 0.25) is 0 Å². The largest absolute Gasteiger partial charge is 0.488 e. The zero-order valence-corrected chi connectivity index (χ0v) is 10.5. The van der Waals surface area contributed by atoms with Crippen molar-refractivity contribution in [1.29, 1.82) is 0 Å². The molecule has 18 heavy (non-hydrogen) atoms. The van der Waals surface area contributed by atoms with Crippen molar-refractivity contribution in [2.24, 2.45) is 5.92 Å². The SMILES string of the molecule is OC1(C2CC2)CN(CC2Cc3ccccc3O2)C1. The van der Waals surface area contributed by atoms with Crippen LogP contribution in [0.4, 0.5) is 0 Å². The summed E-state index contributed by atoms with van der Waals surface area (Å²) in [6.07, 6.45) is 3.71. The van der Waals surface area contributed by atoms with E-state index in [1.54, 1.807) is 0 Å². The van der Waals surface area contributed by atoms with Gasteiger partial charge in [0, 0.05) is 26.1 Å². The number of likely N-dealkylation sites (tertiary alicyclic amines) is 1. The lowest BCUT2D eigenvalue weighted by Gasteiger charge is -2.47. The Bertz CT molecular complexity index is 438. The fourth-order valence-corrected chi connectivity index (χ4v) is 3.38. The van der Waals surface area contributed by atoms with Crippen LogP contribution >= 0.6 is 0 Å². The molecule has 1 aromatic carbocycles. The quantitative estimate of drug-likeness (QED) is 0.875. The van der Waals surface area contributed by atoms with Gasteiger partial charge < -0.3 is 9.84 Å². The number of aliphatic hydroxyl groups is 1. The first-order chi connectivity index (χ1) is 8.73. The Hall–Kier alpha value is -1.06. The predicted octanol–water partition coefficient (Wildman–Crippen LogP) is 1.45. The molecule has 1 saturated heterocycles. The van der Waals surface area contributed by atoms with Crippen LogP contribution in [0.25, 0.3) is 0 Å². The molecule has 0 bridgehead atoms. The number of fused-ring (bicyclic) bond motifs is 1. The Morgan fingerprint density at radius 1 is 1.28 bits per heavy atom. The maximum atomic E-state index is 10.3. The van der Waals surface area contributed by atoms with E-state index in [-0.39, 0.29) is 11.7 Å². The van der Waals surface area contributed by atoms with Gasteiger partial charge in [0.1, 0.15) is 11.9 Å². The summed E-state index contributed by atoms with van der Waals surface area (Å²) >= 11 is 0. The normalized spacial score (nSPS) is 29.5. The molecule has 3 aliphatic rings. The Kier molecular flexibility index (Phi) is 2.24. The highest BCUT2D eigenvalue weighted by molar-refractivity contribution is 5.37. The Balaban J connectivity index is 1.33. The van der Waals surface area contributed by atoms with Crippen LogP contribution in [0.5, 0.6) is 5.75 Å². The number of β-amino-alcohol motifs (C(OH)–C–C–N with tert-alkyl or cyclic N) is 1. The molecule has 4 rings (SSSR count). The molecule has 2 heterocycles. The molecule has 2 fully saturated rings. The summed E-state index contributed by atoms with van der Waals surface area (Å²) < 4.78 is 5.93. The van der Waals surface area contributed by atoms with Crippen LogP contribution in [-0.2, 0) is 6.42 Å². The van der Waals surface area contributed by atoms with Gasteiger partial charge in [-0.05, 0) is 30.4 Å². The summed E-state index contributed by atoms with van der Waals surface area (Å²) in [4.78, 5) is 2.33. The first kappa shape index (κ1) is 10.8. The molecule has 1 aromatic rings. The number of para-hydroxylation sites is 1. The van der Waals surface area contributed by atoms with Crippen LogP contribution in [0.1, 0.15) is 18.4 Å². The molecule has 0 aromatic heterocycles. The summed E-state index contributed by atoms with van der Waals surface area (Å²) in [6, 6.07) is 8.29. The highest BCUT2D eigenvalue weighted by atomic mass is 16.5. The molecule has 96 valence electrons. The Morgan fingerprint density at radius 2 is 2.06 bits per heavy atom. The third kappa shape index (κ3) is 1.73. The van der Waals surface area contributed by atoms with Crippen LogP contribution in [0, 0.1) is 5.92 Å². The van der Waals surface area contributed by atoms with Gasteiger partial charge in [-0.15, -0.1) is 0 Å². The van der Waals surface area contributed by atoms with E-state index in [4.69, 9.17) is 4.74 Å². The fourth-order valence-electron chi connectivity index (χ4n) is 3.38. The van der Waals surface area contributed by atoms with Crippen molar-refractivity contribution < 1.29 is 9.84 Å². The molecule has 1 saturated carbocycles. The van der Waals surface area contributed by atoms with Gasteiger partial charge in [0.25, 0.3) is 0 Å². The predicted molar refractivity (Wildman–Crippen MR) is 68.7 cm³/mol. The van der Waals surface area contributed by atoms with E-state index < -0.39 is 0 Å². The number of hydrogen-bond acceptors (Lipinski definition) is 3. The lowest BCUT2D eigenvalue weighted by atomic mass is 9.88. The molecular formula is C15H19NO2. The van der Waals surface area contributed by atoms with Crippen LogP contribution < -0.4 is 4.74 Å². The maximum Gasteiger partial charge on any atom is 0.123 e. The Labute approximate surface area is 107 Å². The van der Waals surface area contributed by atoms with Crippen molar-refractivity contribution in [3.05, 3.63) is 29.8 Å². The highest BCUT2D eigenvalue weighted by Crippen LogP contribution is 2.44. The molecule has 0 spiro atoms. The van der Waals surface area contributed by atoms with E-state index in [9.17, 15) is 5.11 Å². The van der Waals surface area contributed by atoms with Gasteiger partial charge in [-0.25, -0.2) is 0 Å². The molecule has 1 N–H and O–H groups in total. The van der Waals surface area contributed by atoms with Crippen molar-refractivity contribution in [2.75, 3.05) is 19.6 Å². The third-order valence-corrected chi connectivity index (χ3v) is 4.51. The van der Waals surface area contributed by atoms with Crippen LogP contribution in [-0.4, -0.2) is 41.3 Å². The minimum absolute atomic E-state index is 0.270. The molecule has 0 amide bonds. The average molecular weight is 245 g/mol. The number of benzene rings is 1. The number of nitrogens with zero attached hydrogens (tertiary/aromatic N) is 1. The van der Waals surface area contributed by atoms with Gasteiger partial charge in [-0.2, -0.15) is 0 Å². The molecule has 2 aliphatic heterocycles. The van der Waals surface area contributed by atoms with E-state index in [0.29, 0.717) is 5.92 Å². The maximum absolute atomic E-state index is 10.3. The monoisotopic (exact) mass is 245 g/mol. The van der Waals surface area contributed by atoms with Crippen molar-refractivity contribution in [3.8, 4) is 5.75 Å². The second kappa shape index (κ2) is 3.72. The first-order valence-corrected chi connectivity index (χ1v) is 6.92. The number of ether oxygens (including phenoxy) is 1. The first-order valence-electron chi connectivity index (χ1n) is 6.92. The van der Waals surface area contributed by atoms with Gasteiger partial charge in [-0.1, -0.05) is 18.2 Å². The van der Waals surface area contributed by atoms with Gasteiger partial charge >= 0.3 is 0 Å². The van der Waals surface area contributed by atoms with Crippen molar-refractivity contribution in [1.82, 2.24) is 4.90 Å². The number of rotatable bonds is 3. The topological polar surface area (TPSA) is 32.7 Å². The minimum atomic E-state index is -0.370. The lowest BCUT2D eigenvalue weighted by Crippen LogP contribution is -2.64.